The van der Waals surface area contributed by atoms with Crippen LogP contribution in [0.3, 0.4) is 0 Å². The normalized spacial score (nSPS) is 16.6. The Kier molecular flexibility index (Phi) is 8.47. The maximum atomic E-state index is 5.75. The highest BCUT2D eigenvalue weighted by Gasteiger charge is 2.26. The molecule has 0 radical (unpaired) electrons. The Balaban J connectivity index is 1.27. The summed E-state index contributed by atoms with van der Waals surface area (Å²) in [6.07, 6.45) is -0.347. The average molecular weight is 615 g/mol. The summed E-state index contributed by atoms with van der Waals surface area (Å²) in [6.45, 7) is 10.4. The fourth-order valence-electron chi connectivity index (χ4n) is 5.32. The molecule has 5 aromatic carbocycles. The van der Waals surface area contributed by atoms with E-state index in [0.29, 0.717) is 25.6 Å². The Bertz CT molecular complexity index is 1680. The molecule has 2 unspecified atom stereocenters. The minimum Gasteiger partial charge on any atom is -0.346 e. The number of aryl methyl sites for hydroxylation is 4. The lowest BCUT2D eigenvalue weighted by Crippen LogP contribution is -2.13. The molecule has 46 heavy (non-hydrogen) atoms. The fourth-order valence-corrected chi connectivity index (χ4v) is 5.32. The van der Waals surface area contributed by atoms with Crippen molar-refractivity contribution in [2.75, 3.05) is 23.0 Å². The van der Waals surface area contributed by atoms with Gasteiger partial charge in [-0.1, -0.05) is 30.3 Å². The zero-order chi connectivity index (χ0) is 31.6. The molecule has 234 valence electrons. The molecule has 2 fully saturated rings. The molecule has 2 aliphatic rings. The van der Waals surface area contributed by atoms with E-state index in [4.69, 9.17) is 24.0 Å². The standard InChI is InChI=1S/C39H38N2O5/c1-26-8-12-35(20-28(26)3)40(31-14-10-30(11-15-31)23-42-38-24-43-38)33-6-5-7-34(22-33)41(36-13-9-27(2)29(4)21-36)32-16-18-37(19-17-32)45-46-39-25-44-39/h5-22,38-39H,23-25H2,1-4H3. The van der Waals surface area contributed by atoms with Gasteiger partial charge in [0, 0.05) is 34.1 Å². The van der Waals surface area contributed by atoms with Crippen LogP contribution in [0.25, 0.3) is 0 Å². The molecule has 2 atom stereocenters. The Morgan fingerprint density at radius 1 is 0.543 bits per heavy atom. The van der Waals surface area contributed by atoms with E-state index in [1.807, 2.05) is 24.3 Å². The van der Waals surface area contributed by atoms with E-state index in [-0.39, 0.29) is 12.6 Å². The van der Waals surface area contributed by atoms with Gasteiger partial charge in [0.1, 0.15) is 13.2 Å². The average Bonchev–Trinajstić information content (AvgIpc) is 4.00. The molecular formula is C39H38N2O5. The highest BCUT2D eigenvalue weighted by Crippen LogP contribution is 2.41. The van der Waals surface area contributed by atoms with Crippen molar-refractivity contribution in [3.05, 3.63) is 137 Å². The van der Waals surface area contributed by atoms with Crippen LogP contribution >= 0.6 is 0 Å². The van der Waals surface area contributed by atoms with Crippen LogP contribution in [0.2, 0.25) is 0 Å². The molecule has 0 aromatic heterocycles. The summed E-state index contributed by atoms with van der Waals surface area (Å²) in [5, 5.41) is 0. The molecule has 0 amide bonds. The lowest BCUT2D eigenvalue weighted by atomic mass is 10.1. The predicted molar refractivity (Wildman–Crippen MR) is 181 cm³/mol. The highest BCUT2D eigenvalue weighted by molar-refractivity contribution is 5.83. The summed E-state index contributed by atoms with van der Waals surface area (Å²) < 4.78 is 16.1. The first-order valence-corrected chi connectivity index (χ1v) is 15.6. The zero-order valence-electron chi connectivity index (χ0n) is 26.6. The Labute approximate surface area is 270 Å². The van der Waals surface area contributed by atoms with Crippen LogP contribution in [0.4, 0.5) is 34.1 Å². The molecule has 0 spiro atoms. The molecule has 2 saturated heterocycles. The van der Waals surface area contributed by atoms with Crippen molar-refractivity contribution in [1.82, 2.24) is 0 Å². The smallest absolute Gasteiger partial charge is 0.226 e. The van der Waals surface area contributed by atoms with Crippen molar-refractivity contribution in [1.29, 1.82) is 0 Å². The number of rotatable bonds is 12. The molecule has 7 rings (SSSR count). The van der Waals surface area contributed by atoms with E-state index in [0.717, 1.165) is 39.7 Å². The van der Waals surface area contributed by atoms with Crippen LogP contribution in [0, 0.1) is 27.7 Å². The van der Waals surface area contributed by atoms with Gasteiger partial charge < -0.3 is 28.9 Å². The van der Waals surface area contributed by atoms with E-state index < -0.39 is 0 Å². The van der Waals surface area contributed by atoms with Crippen LogP contribution in [0.5, 0.6) is 5.75 Å². The number of epoxide rings is 2. The molecule has 2 heterocycles. The second kappa shape index (κ2) is 13.0. The van der Waals surface area contributed by atoms with E-state index in [1.54, 1.807) is 0 Å². The maximum absolute atomic E-state index is 5.75. The summed E-state index contributed by atoms with van der Waals surface area (Å²) in [7, 11) is 0. The number of hydrogen-bond donors (Lipinski definition) is 0. The topological polar surface area (TPSA) is 59.2 Å². The molecule has 0 bridgehead atoms. The first-order chi connectivity index (χ1) is 22.4. The monoisotopic (exact) mass is 614 g/mol. The van der Waals surface area contributed by atoms with Crippen LogP contribution in [0.1, 0.15) is 27.8 Å². The SMILES string of the molecule is Cc1ccc(N(c2ccc(COC3CO3)cc2)c2cccc(N(c3ccc(OOC4CO4)cc3)c3ccc(C)c(C)c3)c2)cc1C. The quantitative estimate of drug-likeness (QED) is 0.0788. The van der Waals surface area contributed by atoms with Crippen molar-refractivity contribution >= 4 is 34.1 Å². The van der Waals surface area contributed by atoms with E-state index in [9.17, 15) is 0 Å². The lowest BCUT2D eigenvalue weighted by Gasteiger charge is -2.30. The van der Waals surface area contributed by atoms with Crippen LogP contribution in [-0.2, 0) is 25.7 Å². The van der Waals surface area contributed by atoms with Gasteiger partial charge in [-0.3, -0.25) is 0 Å². The van der Waals surface area contributed by atoms with Gasteiger partial charge in [-0.15, -0.1) is 0 Å². The van der Waals surface area contributed by atoms with Crippen molar-refractivity contribution in [3.63, 3.8) is 0 Å². The van der Waals surface area contributed by atoms with Crippen molar-refractivity contribution < 1.29 is 24.0 Å². The number of hydrogen-bond acceptors (Lipinski definition) is 7. The predicted octanol–water partition coefficient (Wildman–Crippen LogP) is 9.40. The molecule has 0 N–H and O–H groups in total. The van der Waals surface area contributed by atoms with E-state index in [1.165, 1.54) is 22.3 Å². The van der Waals surface area contributed by atoms with Gasteiger partial charge in [0.2, 0.25) is 6.29 Å². The first kappa shape index (κ1) is 30.0. The van der Waals surface area contributed by atoms with Gasteiger partial charge in [-0.05, 0) is 134 Å². The molecule has 5 aromatic rings. The van der Waals surface area contributed by atoms with Gasteiger partial charge >= 0.3 is 0 Å². The number of benzene rings is 5. The summed E-state index contributed by atoms with van der Waals surface area (Å²) >= 11 is 0. The van der Waals surface area contributed by atoms with E-state index in [2.05, 4.69) is 122 Å². The minimum atomic E-state index is -0.281. The van der Waals surface area contributed by atoms with Gasteiger partial charge in [0.05, 0.1) is 6.61 Å². The summed E-state index contributed by atoms with van der Waals surface area (Å²) in [5.74, 6) is 0.618. The van der Waals surface area contributed by atoms with Crippen molar-refractivity contribution in [3.8, 4) is 5.75 Å². The third kappa shape index (κ3) is 6.93. The third-order valence-electron chi connectivity index (χ3n) is 8.43. The zero-order valence-corrected chi connectivity index (χ0v) is 26.6. The number of nitrogens with zero attached hydrogens (tertiary/aromatic N) is 2. The Hall–Kier alpha value is -4.66. The fraction of sp³-hybridized carbons (Fsp3) is 0.231. The Morgan fingerprint density at radius 2 is 1.02 bits per heavy atom. The number of ether oxygens (including phenoxy) is 3. The molecule has 7 heteroatoms. The molecular weight excluding hydrogens is 576 g/mol. The lowest BCUT2D eigenvalue weighted by molar-refractivity contribution is -0.239. The Morgan fingerprint density at radius 3 is 1.52 bits per heavy atom. The molecule has 2 aliphatic heterocycles. The summed E-state index contributed by atoms with van der Waals surface area (Å²) in [4.78, 5) is 15.3. The summed E-state index contributed by atoms with van der Waals surface area (Å²) in [5.41, 5.74) is 12.4. The maximum Gasteiger partial charge on any atom is 0.226 e. The molecule has 0 aliphatic carbocycles. The van der Waals surface area contributed by atoms with Crippen LogP contribution < -0.4 is 14.7 Å². The van der Waals surface area contributed by atoms with E-state index >= 15 is 0 Å². The third-order valence-corrected chi connectivity index (χ3v) is 8.43. The van der Waals surface area contributed by atoms with Gasteiger partial charge in [-0.25, -0.2) is 0 Å². The van der Waals surface area contributed by atoms with Gasteiger partial charge in [-0.2, -0.15) is 4.89 Å². The van der Waals surface area contributed by atoms with Gasteiger partial charge in [0.25, 0.3) is 0 Å². The van der Waals surface area contributed by atoms with Crippen LogP contribution in [-0.4, -0.2) is 25.8 Å². The minimum absolute atomic E-state index is 0.0656. The van der Waals surface area contributed by atoms with Gasteiger partial charge in [0.15, 0.2) is 12.0 Å². The van der Waals surface area contributed by atoms with Crippen molar-refractivity contribution in [2.45, 2.75) is 46.9 Å². The molecule has 0 saturated carbocycles. The number of anilines is 6. The second-order valence-electron chi connectivity index (χ2n) is 11.9. The second-order valence-corrected chi connectivity index (χ2v) is 11.9. The molecule has 7 nitrogen and oxygen atoms in total. The largest absolute Gasteiger partial charge is 0.346 e. The highest BCUT2D eigenvalue weighted by atomic mass is 17.2. The van der Waals surface area contributed by atoms with Crippen LogP contribution in [0.15, 0.2) is 109 Å². The first-order valence-electron chi connectivity index (χ1n) is 15.6. The van der Waals surface area contributed by atoms with Crippen molar-refractivity contribution in [2.24, 2.45) is 0 Å². The summed E-state index contributed by atoms with van der Waals surface area (Å²) in [6, 6.07) is 38.3.